The molecule has 20 heavy (non-hydrogen) atoms. The van der Waals surface area contributed by atoms with Crippen molar-refractivity contribution in [3.8, 4) is 0 Å². The van der Waals surface area contributed by atoms with Crippen LogP contribution in [0.25, 0.3) is 0 Å². The molecule has 6 nitrogen and oxygen atoms in total. The van der Waals surface area contributed by atoms with Crippen molar-refractivity contribution in [3.05, 3.63) is 18.0 Å². The van der Waals surface area contributed by atoms with Gasteiger partial charge in [-0.25, -0.2) is 23.5 Å². The molecule has 1 aromatic rings. The Morgan fingerprint density at radius 3 is 2.35 bits per heavy atom. The van der Waals surface area contributed by atoms with Crippen LogP contribution in [0.2, 0.25) is 0 Å². The molecule has 0 saturated carbocycles. The average molecular weight is 288 g/mol. The highest BCUT2D eigenvalue weighted by Crippen LogP contribution is 2.30. The summed E-state index contributed by atoms with van der Waals surface area (Å²) in [4.78, 5) is 18.7. The van der Waals surface area contributed by atoms with Crippen LogP contribution in [0.1, 0.15) is 32.8 Å². The van der Waals surface area contributed by atoms with Gasteiger partial charge in [0.25, 0.3) is 5.92 Å². The van der Waals surface area contributed by atoms with E-state index in [9.17, 15) is 13.6 Å². The summed E-state index contributed by atoms with van der Waals surface area (Å²) in [5.74, 6) is -3.19. The van der Waals surface area contributed by atoms with E-state index in [1.165, 1.54) is 0 Å². The predicted molar refractivity (Wildman–Crippen MR) is 69.5 cm³/mol. The summed E-state index contributed by atoms with van der Waals surface area (Å²) >= 11 is 0. The predicted octanol–water partition coefficient (Wildman–Crippen LogP) is 2.26. The van der Waals surface area contributed by atoms with Gasteiger partial charge in [0.05, 0.1) is 5.56 Å². The van der Waals surface area contributed by atoms with Crippen LogP contribution in [0.5, 0.6) is 0 Å². The van der Waals surface area contributed by atoms with Crippen LogP contribution >= 0.6 is 0 Å². The van der Waals surface area contributed by atoms with Gasteiger partial charge in [-0.05, 0) is 27.3 Å². The van der Waals surface area contributed by atoms with Crippen LogP contribution in [0.4, 0.5) is 19.5 Å². The van der Waals surface area contributed by atoms with Crippen molar-refractivity contribution >= 4 is 12.0 Å². The molecule has 1 amide bonds. The zero-order chi connectivity index (χ0) is 15.4. The lowest BCUT2D eigenvalue weighted by atomic mass is 10.1. The number of carbonyl (C=O) groups is 1. The SMILES string of the molecule is CC(C)(C)OC(=O)Nc1ncc(C(F)(F)CCN)cn1. The first-order valence-corrected chi connectivity index (χ1v) is 6.04. The maximum Gasteiger partial charge on any atom is 0.414 e. The van der Waals surface area contributed by atoms with Crippen LogP contribution < -0.4 is 11.1 Å². The first-order chi connectivity index (χ1) is 9.14. The van der Waals surface area contributed by atoms with Gasteiger partial charge in [0, 0.05) is 18.8 Å². The topological polar surface area (TPSA) is 90.1 Å². The summed E-state index contributed by atoms with van der Waals surface area (Å²) in [5.41, 5.74) is 4.09. The Bertz CT molecular complexity index is 458. The molecule has 0 radical (unpaired) electrons. The molecule has 0 aliphatic rings. The molecule has 0 fully saturated rings. The number of alkyl halides is 2. The molecule has 1 heterocycles. The maximum absolute atomic E-state index is 13.5. The van der Waals surface area contributed by atoms with E-state index < -0.39 is 24.0 Å². The van der Waals surface area contributed by atoms with Crippen molar-refractivity contribution < 1.29 is 18.3 Å². The first-order valence-electron chi connectivity index (χ1n) is 6.04. The third-order valence-electron chi connectivity index (χ3n) is 2.15. The van der Waals surface area contributed by atoms with Gasteiger partial charge >= 0.3 is 6.09 Å². The summed E-state index contributed by atoms with van der Waals surface area (Å²) in [7, 11) is 0. The number of halogens is 2. The van der Waals surface area contributed by atoms with Crippen molar-refractivity contribution in [2.24, 2.45) is 5.73 Å². The largest absolute Gasteiger partial charge is 0.444 e. The van der Waals surface area contributed by atoms with E-state index in [2.05, 4.69) is 15.3 Å². The Kier molecular flexibility index (Phi) is 4.93. The third-order valence-corrected chi connectivity index (χ3v) is 2.15. The van der Waals surface area contributed by atoms with Gasteiger partial charge in [0.2, 0.25) is 5.95 Å². The third kappa shape index (κ3) is 5.04. The fourth-order valence-electron chi connectivity index (χ4n) is 1.30. The smallest absolute Gasteiger partial charge is 0.414 e. The van der Waals surface area contributed by atoms with Crippen molar-refractivity contribution in [2.75, 3.05) is 11.9 Å². The van der Waals surface area contributed by atoms with Crippen molar-refractivity contribution in [3.63, 3.8) is 0 Å². The highest BCUT2D eigenvalue weighted by molar-refractivity contribution is 5.82. The van der Waals surface area contributed by atoms with Gasteiger partial charge in [-0.2, -0.15) is 0 Å². The number of nitrogens with one attached hydrogen (secondary N) is 1. The van der Waals surface area contributed by atoms with E-state index in [1.54, 1.807) is 20.8 Å². The number of carbonyl (C=O) groups excluding carboxylic acids is 1. The van der Waals surface area contributed by atoms with E-state index >= 15 is 0 Å². The second-order valence-electron chi connectivity index (χ2n) is 5.17. The van der Waals surface area contributed by atoms with Crippen molar-refractivity contribution in [1.29, 1.82) is 0 Å². The second-order valence-corrected chi connectivity index (χ2v) is 5.17. The first kappa shape index (κ1) is 16.2. The average Bonchev–Trinajstić information content (AvgIpc) is 2.26. The number of hydrogen-bond acceptors (Lipinski definition) is 5. The summed E-state index contributed by atoms with van der Waals surface area (Å²) in [6.07, 6.45) is 0.666. The second kappa shape index (κ2) is 6.08. The van der Waals surface area contributed by atoms with Crippen molar-refractivity contribution in [1.82, 2.24) is 9.97 Å². The maximum atomic E-state index is 13.5. The highest BCUT2D eigenvalue weighted by Gasteiger charge is 2.31. The standard InChI is InChI=1S/C12H18F2N4O2/c1-11(2,3)20-10(19)18-9-16-6-8(7-17-9)12(13,14)4-5-15/h6-7H,4-5,15H2,1-3H3,(H,16,17,18,19). The fourth-order valence-corrected chi connectivity index (χ4v) is 1.30. The minimum absolute atomic E-state index is 0.105. The molecule has 0 aliphatic heterocycles. The summed E-state index contributed by atoms with van der Waals surface area (Å²) in [5, 5.41) is 2.26. The Hall–Kier alpha value is -1.83. The molecular formula is C12H18F2N4O2. The quantitative estimate of drug-likeness (QED) is 0.887. The minimum atomic E-state index is -3.08. The highest BCUT2D eigenvalue weighted by atomic mass is 19.3. The summed E-state index contributed by atoms with van der Waals surface area (Å²) < 4.78 is 32.0. The van der Waals surface area contributed by atoms with Crippen LogP contribution in [0, 0.1) is 0 Å². The Morgan fingerprint density at radius 2 is 1.90 bits per heavy atom. The molecule has 0 spiro atoms. The Balaban J connectivity index is 2.70. The molecule has 0 aromatic carbocycles. The molecule has 1 aromatic heterocycles. The number of rotatable bonds is 4. The fraction of sp³-hybridized carbons (Fsp3) is 0.583. The van der Waals surface area contributed by atoms with Gasteiger partial charge in [0.15, 0.2) is 0 Å². The summed E-state index contributed by atoms with van der Waals surface area (Å²) in [6, 6.07) is 0. The van der Waals surface area contributed by atoms with Crippen LogP contribution in [0.15, 0.2) is 12.4 Å². The zero-order valence-electron chi connectivity index (χ0n) is 11.6. The van der Waals surface area contributed by atoms with E-state index in [1.807, 2.05) is 0 Å². The molecule has 0 aliphatic carbocycles. The summed E-state index contributed by atoms with van der Waals surface area (Å²) in [6.45, 7) is 4.95. The molecule has 8 heteroatoms. The monoisotopic (exact) mass is 288 g/mol. The molecule has 0 saturated heterocycles. The number of nitrogens with two attached hydrogens (primary N) is 1. The zero-order valence-corrected chi connectivity index (χ0v) is 11.6. The van der Waals surface area contributed by atoms with Gasteiger partial charge in [-0.3, -0.25) is 5.32 Å². The molecule has 0 unspecified atom stereocenters. The normalized spacial score (nSPS) is 12.1. The lowest BCUT2D eigenvalue weighted by molar-refractivity contribution is -0.0113. The molecule has 0 bridgehead atoms. The van der Waals surface area contributed by atoms with Gasteiger partial charge in [-0.1, -0.05) is 0 Å². The number of hydrogen-bond donors (Lipinski definition) is 2. The van der Waals surface area contributed by atoms with E-state index in [0.717, 1.165) is 12.4 Å². The lowest BCUT2D eigenvalue weighted by Gasteiger charge is -2.19. The minimum Gasteiger partial charge on any atom is -0.444 e. The van der Waals surface area contributed by atoms with Gasteiger partial charge in [-0.15, -0.1) is 0 Å². The Labute approximate surface area is 115 Å². The van der Waals surface area contributed by atoms with E-state index in [-0.39, 0.29) is 18.1 Å². The van der Waals surface area contributed by atoms with Crippen LogP contribution in [-0.4, -0.2) is 28.2 Å². The lowest BCUT2D eigenvalue weighted by Crippen LogP contribution is -2.28. The number of amides is 1. The number of ether oxygens (including phenoxy) is 1. The molecule has 0 atom stereocenters. The number of aromatic nitrogens is 2. The van der Waals surface area contributed by atoms with E-state index in [0.29, 0.717) is 0 Å². The molecule has 112 valence electrons. The molecular weight excluding hydrogens is 270 g/mol. The molecule has 1 rings (SSSR count). The Morgan fingerprint density at radius 1 is 1.35 bits per heavy atom. The van der Waals surface area contributed by atoms with Gasteiger partial charge in [0.1, 0.15) is 5.60 Å². The van der Waals surface area contributed by atoms with Gasteiger partial charge < -0.3 is 10.5 Å². The molecule has 3 N–H and O–H groups in total. The number of nitrogens with zero attached hydrogens (tertiary/aromatic N) is 2. The van der Waals surface area contributed by atoms with E-state index in [4.69, 9.17) is 10.5 Å². The van der Waals surface area contributed by atoms with Crippen LogP contribution in [0.3, 0.4) is 0 Å². The van der Waals surface area contributed by atoms with Crippen molar-refractivity contribution in [2.45, 2.75) is 38.7 Å². The number of anilines is 1. The van der Waals surface area contributed by atoms with Crippen LogP contribution in [-0.2, 0) is 10.7 Å².